The Morgan fingerprint density at radius 3 is 2.63 bits per heavy atom. The number of halogens is 4. The molecule has 1 aromatic carbocycles. The van der Waals surface area contributed by atoms with Crippen LogP contribution < -0.4 is 0 Å². The molecular weight excluding hydrogens is 273 g/mol. The minimum absolute atomic E-state index is 0.179. The summed E-state index contributed by atoms with van der Waals surface area (Å²) in [4.78, 5) is 0. The van der Waals surface area contributed by atoms with E-state index >= 15 is 0 Å². The third kappa shape index (κ3) is 4.41. The van der Waals surface area contributed by atoms with Crippen molar-refractivity contribution in [3.05, 3.63) is 35.4 Å². The predicted molar refractivity (Wildman–Crippen MR) is 71.4 cm³/mol. The fraction of sp³-hybridized carbons (Fsp3) is 0.600. The molecule has 0 N–H and O–H groups in total. The lowest BCUT2D eigenvalue weighted by molar-refractivity contribution is -0.137. The number of rotatable bonds is 2. The first kappa shape index (κ1) is 14.7. The van der Waals surface area contributed by atoms with Gasteiger partial charge in [-0.2, -0.15) is 13.2 Å². The molecule has 2 rings (SSSR count). The van der Waals surface area contributed by atoms with E-state index in [2.05, 4.69) is 0 Å². The van der Waals surface area contributed by atoms with Crippen molar-refractivity contribution in [1.29, 1.82) is 0 Å². The Labute approximate surface area is 117 Å². The lowest BCUT2D eigenvalue weighted by atomic mass is 9.92. The van der Waals surface area contributed by atoms with Crippen LogP contribution in [-0.2, 0) is 12.6 Å². The minimum atomic E-state index is -4.26. The second-order valence-electron chi connectivity index (χ2n) is 5.39. The van der Waals surface area contributed by atoms with E-state index in [0.717, 1.165) is 43.7 Å². The van der Waals surface area contributed by atoms with E-state index in [1.165, 1.54) is 12.1 Å². The third-order valence-electron chi connectivity index (χ3n) is 3.75. The summed E-state index contributed by atoms with van der Waals surface area (Å²) >= 11 is 6.21. The molecule has 0 heterocycles. The van der Waals surface area contributed by atoms with Crippen molar-refractivity contribution in [2.75, 3.05) is 0 Å². The fourth-order valence-electron chi connectivity index (χ4n) is 2.79. The van der Waals surface area contributed by atoms with Gasteiger partial charge in [-0.1, -0.05) is 37.5 Å². The SMILES string of the molecule is FC(F)(F)c1cccc(CC2CCCCC(Cl)C2)c1. The van der Waals surface area contributed by atoms with Gasteiger partial charge in [0.25, 0.3) is 0 Å². The van der Waals surface area contributed by atoms with Crippen LogP contribution in [0.25, 0.3) is 0 Å². The normalized spacial score (nSPS) is 25.1. The van der Waals surface area contributed by atoms with Crippen LogP contribution in [0, 0.1) is 5.92 Å². The molecule has 0 saturated heterocycles. The van der Waals surface area contributed by atoms with E-state index in [0.29, 0.717) is 12.3 Å². The van der Waals surface area contributed by atoms with Crippen molar-refractivity contribution in [1.82, 2.24) is 0 Å². The zero-order chi connectivity index (χ0) is 13.9. The summed E-state index contributed by atoms with van der Waals surface area (Å²) < 4.78 is 38.0. The average molecular weight is 291 g/mol. The summed E-state index contributed by atoms with van der Waals surface area (Å²) in [6.45, 7) is 0. The smallest absolute Gasteiger partial charge is 0.166 e. The molecule has 2 atom stereocenters. The second-order valence-corrected chi connectivity index (χ2v) is 6.00. The maximum absolute atomic E-state index is 12.7. The van der Waals surface area contributed by atoms with E-state index in [9.17, 15) is 13.2 Å². The molecule has 0 aromatic heterocycles. The highest BCUT2D eigenvalue weighted by atomic mass is 35.5. The minimum Gasteiger partial charge on any atom is -0.166 e. The maximum atomic E-state index is 12.7. The van der Waals surface area contributed by atoms with E-state index in [1.807, 2.05) is 0 Å². The van der Waals surface area contributed by atoms with Gasteiger partial charge in [0.1, 0.15) is 0 Å². The molecular formula is C15H18ClF3. The molecule has 19 heavy (non-hydrogen) atoms. The molecule has 0 aliphatic heterocycles. The van der Waals surface area contributed by atoms with Gasteiger partial charge in [0.15, 0.2) is 0 Å². The van der Waals surface area contributed by atoms with Crippen molar-refractivity contribution in [3.63, 3.8) is 0 Å². The summed E-state index contributed by atoms with van der Waals surface area (Å²) in [5.74, 6) is 0.411. The first-order valence-corrected chi connectivity index (χ1v) is 7.19. The molecule has 0 amide bonds. The van der Waals surface area contributed by atoms with E-state index in [-0.39, 0.29) is 5.38 Å². The molecule has 1 aliphatic carbocycles. The number of benzene rings is 1. The van der Waals surface area contributed by atoms with Gasteiger partial charge in [-0.15, -0.1) is 11.6 Å². The molecule has 1 aliphatic rings. The summed E-state index contributed by atoms with van der Waals surface area (Å²) in [5, 5.41) is 0.179. The lowest BCUT2D eigenvalue weighted by Crippen LogP contribution is -2.10. The van der Waals surface area contributed by atoms with E-state index in [1.54, 1.807) is 6.07 Å². The zero-order valence-electron chi connectivity index (χ0n) is 10.7. The highest BCUT2D eigenvalue weighted by Gasteiger charge is 2.30. The summed E-state index contributed by atoms with van der Waals surface area (Å²) in [6, 6.07) is 5.67. The van der Waals surface area contributed by atoms with Crippen molar-refractivity contribution < 1.29 is 13.2 Å². The van der Waals surface area contributed by atoms with Gasteiger partial charge in [0.2, 0.25) is 0 Å². The Morgan fingerprint density at radius 1 is 1.16 bits per heavy atom. The van der Waals surface area contributed by atoms with Crippen molar-refractivity contribution >= 4 is 11.6 Å². The Morgan fingerprint density at radius 2 is 1.89 bits per heavy atom. The number of alkyl halides is 4. The van der Waals surface area contributed by atoms with Crippen LogP contribution in [0.3, 0.4) is 0 Å². The van der Waals surface area contributed by atoms with Gasteiger partial charge >= 0.3 is 6.18 Å². The highest BCUT2D eigenvalue weighted by molar-refractivity contribution is 6.20. The zero-order valence-corrected chi connectivity index (χ0v) is 11.5. The van der Waals surface area contributed by atoms with Crippen LogP contribution in [0.15, 0.2) is 24.3 Å². The molecule has 0 radical (unpaired) electrons. The standard InChI is InChI=1S/C15H18ClF3/c16-14-7-2-1-4-12(10-14)8-11-5-3-6-13(9-11)15(17,18)19/h3,5-6,9,12,14H,1-2,4,7-8,10H2. The maximum Gasteiger partial charge on any atom is 0.416 e. The van der Waals surface area contributed by atoms with Gasteiger partial charge in [-0.25, -0.2) is 0 Å². The van der Waals surface area contributed by atoms with Crippen LogP contribution in [0.1, 0.15) is 43.2 Å². The van der Waals surface area contributed by atoms with Crippen molar-refractivity contribution in [2.45, 2.75) is 50.1 Å². The molecule has 4 heteroatoms. The summed E-state index contributed by atoms with van der Waals surface area (Å²) in [5.41, 5.74) is 0.214. The second kappa shape index (κ2) is 6.17. The third-order valence-corrected chi connectivity index (χ3v) is 4.14. The Hall–Kier alpha value is -0.700. The number of hydrogen-bond acceptors (Lipinski definition) is 0. The van der Waals surface area contributed by atoms with Gasteiger partial charge in [0, 0.05) is 5.38 Å². The lowest BCUT2D eigenvalue weighted by Gasteiger charge is -2.17. The molecule has 2 unspecified atom stereocenters. The van der Waals surface area contributed by atoms with E-state index in [4.69, 9.17) is 11.6 Å². The first-order chi connectivity index (χ1) is 8.95. The van der Waals surface area contributed by atoms with Gasteiger partial charge in [0.05, 0.1) is 5.56 Å². The fourth-order valence-corrected chi connectivity index (χ4v) is 3.20. The summed E-state index contributed by atoms with van der Waals surface area (Å²) in [7, 11) is 0. The summed E-state index contributed by atoms with van der Waals surface area (Å²) in [6.07, 6.45) is 1.72. The van der Waals surface area contributed by atoms with Gasteiger partial charge in [-0.3, -0.25) is 0 Å². The number of hydrogen-bond donors (Lipinski definition) is 0. The van der Waals surface area contributed by atoms with Crippen LogP contribution in [0.5, 0.6) is 0 Å². The van der Waals surface area contributed by atoms with Crippen molar-refractivity contribution in [2.24, 2.45) is 5.92 Å². The molecule has 106 valence electrons. The molecule has 0 nitrogen and oxygen atoms in total. The van der Waals surface area contributed by atoms with Crippen molar-refractivity contribution in [3.8, 4) is 0 Å². The van der Waals surface area contributed by atoms with Gasteiger partial charge in [-0.05, 0) is 36.8 Å². The van der Waals surface area contributed by atoms with E-state index < -0.39 is 11.7 Å². The molecule has 1 aromatic rings. The van der Waals surface area contributed by atoms with Gasteiger partial charge < -0.3 is 0 Å². The topological polar surface area (TPSA) is 0 Å². The molecule has 1 fully saturated rings. The Kier molecular flexibility index (Phi) is 4.77. The monoisotopic (exact) mass is 290 g/mol. The highest BCUT2D eigenvalue weighted by Crippen LogP contribution is 2.32. The first-order valence-electron chi connectivity index (χ1n) is 6.75. The quantitative estimate of drug-likeness (QED) is 0.503. The van der Waals surface area contributed by atoms with Crippen LogP contribution in [0.2, 0.25) is 0 Å². The molecule has 0 bridgehead atoms. The van der Waals surface area contributed by atoms with Crippen LogP contribution >= 0.6 is 11.6 Å². The van der Waals surface area contributed by atoms with Crippen LogP contribution in [0.4, 0.5) is 13.2 Å². The molecule has 1 saturated carbocycles. The van der Waals surface area contributed by atoms with Crippen LogP contribution in [-0.4, -0.2) is 5.38 Å². The Bertz CT molecular complexity index is 414. The predicted octanol–water partition coefficient (Wildman–Crippen LogP) is 5.44. The largest absolute Gasteiger partial charge is 0.416 e. The molecule has 0 spiro atoms. The Balaban J connectivity index is 2.06. The average Bonchev–Trinajstić information content (AvgIpc) is 2.53.